The van der Waals surface area contributed by atoms with Gasteiger partial charge in [-0.05, 0) is 35.2 Å². The minimum atomic E-state index is -0.735. The Balaban J connectivity index is 1.80. The first-order valence-corrected chi connectivity index (χ1v) is 9.69. The maximum absolute atomic E-state index is 12.3. The lowest BCUT2D eigenvalue weighted by Gasteiger charge is -2.19. The monoisotopic (exact) mass is 428 g/mol. The fourth-order valence-electron chi connectivity index (χ4n) is 2.64. The quantitative estimate of drug-likeness (QED) is 0.627. The van der Waals surface area contributed by atoms with E-state index in [1.165, 1.54) is 26.4 Å². The molecule has 0 radical (unpaired) electrons. The number of esters is 1. The highest BCUT2D eigenvalue weighted by Crippen LogP contribution is 2.24. The van der Waals surface area contributed by atoms with Crippen molar-refractivity contribution in [2.75, 3.05) is 32.7 Å². The lowest BCUT2D eigenvalue weighted by Crippen LogP contribution is -2.32. The van der Waals surface area contributed by atoms with E-state index >= 15 is 0 Å². The minimum absolute atomic E-state index is 0.0124. The molecule has 31 heavy (non-hydrogen) atoms. The largest absolute Gasteiger partial charge is 0.497 e. The summed E-state index contributed by atoms with van der Waals surface area (Å²) in [6.07, 6.45) is 0. The van der Waals surface area contributed by atoms with Crippen LogP contribution in [0.2, 0.25) is 0 Å². The molecule has 0 aliphatic heterocycles. The third-order valence-electron chi connectivity index (χ3n) is 4.41. The Labute approximate surface area is 181 Å². The van der Waals surface area contributed by atoms with Crippen LogP contribution in [0.4, 0.5) is 5.69 Å². The molecule has 8 nitrogen and oxygen atoms in total. The summed E-state index contributed by atoms with van der Waals surface area (Å²) < 4.78 is 15.1. The van der Waals surface area contributed by atoms with Gasteiger partial charge in [-0.2, -0.15) is 0 Å². The Bertz CT molecular complexity index is 910. The highest BCUT2D eigenvalue weighted by molar-refractivity contribution is 5.97. The van der Waals surface area contributed by atoms with E-state index in [4.69, 9.17) is 14.2 Å². The average Bonchev–Trinajstić information content (AvgIpc) is 2.75. The zero-order valence-corrected chi connectivity index (χ0v) is 18.4. The van der Waals surface area contributed by atoms with Crippen LogP contribution in [-0.4, -0.2) is 45.2 Å². The van der Waals surface area contributed by atoms with Gasteiger partial charge in [-0.15, -0.1) is 0 Å². The molecule has 0 heterocycles. The number of carbonyl (C=O) groups is 3. The normalized spacial score (nSPS) is 10.7. The molecule has 0 spiro atoms. The predicted molar refractivity (Wildman–Crippen MR) is 117 cm³/mol. The van der Waals surface area contributed by atoms with E-state index in [-0.39, 0.29) is 17.5 Å². The summed E-state index contributed by atoms with van der Waals surface area (Å²) in [5.41, 5.74) is 2.02. The van der Waals surface area contributed by atoms with Crippen LogP contribution in [0.5, 0.6) is 11.5 Å². The molecule has 2 aromatic carbocycles. The van der Waals surface area contributed by atoms with Crippen LogP contribution in [0.25, 0.3) is 0 Å². The number of hydrogen-bond acceptors (Lipinski definition) is 6. The van der Waals surface area contributed by atoms with E-state index in [2.05, 4.69) is 31.4 Å². The molecular formula is C23H28N2O6. The SMILES string of the molecule is COc1cc(OC)cc(C(=O)NCC(=O)OCC(=O)Nc2ccc(C(C)(C)C)cc2)c1. The maximum atomic E-state index is 12.3. The highest BCUT2D eigenvalue weighted by atomic mass is 16.5. The molecule has 2 aromatic rings. The van der Waals surface area contributed by atoms with Gasteiger partial charge in [0.25, 0.3) is 11.8 Å². The Hall–Kier alpha value is -3.55. The van der Waals surface area contributed by atoms with E-state index in [9.17, 15) is 14.4 Å². The number of hydrogen-bond donors (Lipinski definition) is 2. The zero-order valence-electron chi connectivity index (χ0n) is 18.4. The zero-order chi connectivity index (χ0) is 23.0. The minimum Gasteiger partial charge on any atom is -0.497 e. The third kappa shape index (κ3) is 7.33. The first-order valence-electron chi connectivity index (χ1n) is 9.69. The van der Waals surface area contributed by atoms with Crippen molar-refractivity contribution in [3.05, 3.63) is 53.6 Å². The Morgan fingerprint density at radius 2 is 1.48 bits per heavy atom. The molecule has 0 saturated heterocycles. The molecule has 0 aromatic heterocycles. The van der Waals surface area contributed by atoms with Gasteiger partial charge in [-0.3, -0.25) is 14.4 Å². The fraction of sp³-hybridized carbons (Fsp3) is 0.348. The summed E-state index contributed by atoms with van der Waals surface area (Å²) >= 11 is 0. The van der Waals surface area contributed by atoms with Gasteiger partial charge < -0.3 is 24.8 Å². The van der Waals surface area contributed by atoms with Crippen LogP contribution in [-0.2, 0) is 19.7 Å². The first-order chi connectivity index (χ1) is 14.6. The number of methoxy groups -OCH3 is 2. The van der Waals surface area contributed by atoms with Crippen molar-refractivity contribution in [2.24, 2.45) is 0 Å². The van der Waals surface area contributed by atoms with Gasteiger partial charge in [-0.25, -0.2) is 0 Å². The third-order valence-corrected chi connectivity index (χ3v) is 4.41. The lowest BCUT2D eigenvalue weighted by molar-refractivity contribution is -0.146. The molecule has 0 saturated carbocycles. The molecule has 8 heteroatoms. The second kappa shape index (κ2) is 10.5. The second-order valence-electron chi connectivity index (χ2n) is 7.82. The molecule has 0 aliphatic carbocycles. The van der Waals surface area contributed by atoms with Crippen LogP contribution in [0.15, 0.2) is 42.5 Å². The average molecular weight is 428 g/mol. The topological polar surface area (TPSA) is 103 Å². The van der Waals surface area contributed by atoms with E-state index in [1.807, 2.05) is 12.1 Å². The molecule has 0 bridgehead atoms. The predicted octanol–water partition coefficient (Wildman–Crippen LogP) is 2.91. The van der Waals surface area contributed by atoms with Gasteiger partial charge in [0.1, 0.15) is 18.0 Å². The lowest BCUT2D eigenvalue weighted by atomic mass is 9.87. The van der Waals surface area contributed by atoms with Crippen molar-refractivity contribution < 1.29 is 28.6 Å². The number of amides is 2. The number of benzene rings is 2. The van der Waals surface area contributed by atoms with E-state index in [0.717, 1.165) is 5.56 Å². The summed E-state index contributed by atoms with van der Waals surface area (Å²) in [5.74, 6) is -0.821. The fourth-order valence-corrected chi connectivity index (χ4v) is 2.64. The molecule has 2 N–H and O–H groups in total. The second-order valence-corrected chi connectivity index (χ2v) is 7.82. The van der Waals surface area contributed by atoms with E-state index in [1.54, 1.807) is 18.2 Å². The Morgan fingerprint density at radius 1 is 0.903 bits per heavy atom. The molecule has 0 atom stereocenters. The van der Waals surface area contributed by atoms with Crippen LogP contribution in [0.1, 0.15) is 36.7 Å². The van der Waals surface area contributed by atoms with Gasteiger partial charge in [-0.1, -0.05) is 32.9 Å². The van der Waals surface area contributed by atoms with Crippen LogP contribution in [0.3, 0.4) is 0 Å². The molecule has 0 unspecified atom stereocenters. The van der Waals surface area contributed by atoms with Crippen LogP contribution in [0, 0.1) is 0 Å². The smallest absolute Gasteiger partial charge is 0.325 e. The molecule has 0 fully saturated rings. The molecule has 2 amide bonds. The first kappa shape index (κ1) is 23.7. The van der Waals surface area contributed by atoms with Crippen molar-refractivity contribution >= 4 is 23.5 Å². The standard InChI is InChI=1S/C23H28N2O6/c1-23(2,3)16-6-8-17(9-7-16)25-20(26)14-31-21(27)13-24-22(28)15-10-18(29-4)12-19(11-15)30-5/h6-12H,13-14H2,1-5H3,(H,24,28)(H,25,26). The highest BCUT2D eigenvalue weighted by Gasteiger charge is 2.15. The Kier molecular flexibility index (Phi) is 8.01. The summed E-state index contributed by atoms with van der Waals surface area (Å²) in [6.45, 7) is 5.46. The van der Waals surface area contributed by atoms with Gasteiger partial charge in [0.2, 0.25) is 0 Å². The molecular weight excluding hydrogens is 400 g/mol. The number of carbonyl (C=O) groups excluding carboxylic acids is 3. The van der Waals surface area contributed by atoms with Gasteiger partial charge in [0.15, 0.2) is 6.61 Å². The van der Waals surface area contributed by atoms with Gasteiger partial charge >= 0.3 is 5.97 Å². The maximum Gasteiger partial charge on any atom is 0.325 e. The molecule has 2 rings (SSSR count). The summed E-state index contributed by atoms with van der Waals surface area (Å²) in [4.78, 5) is 36.1. The van der Waals surface area contributed by atoms with E-state index in [0.29, 0.717) is 17.2 Å². The number of anilines is 1. The number of ether oxygens (including phenoxy) is 3. The van der Waals surface area contributed by atoms with Crippen LogP contribution < -0.4 is 20.1 Å². The molecule has 0 aliphatic rings. The van der Waals surface area contributed by atoms with Gasteiger partial charge in [0, 0.05) is 17.3 Å². The summed E-state index contributed by atoms with van der Waals surface area (Å²) in [5, 5.41) is 5.10. The van der Waals surface area contributed by atoms with Crippen LogP contribution >= 0.6 is 0 Å². The van der Waals surface area contributed by atoms with Gasteiger partial charge in [0.05, 0.1) is 14.2 Å². The Morgan fingerprint density at radius 3 is 2.00 bits per heavy atom. The van der Waals surface area contributed by atoms with Crippen molar-refractivity contribution in [2.45, 2.75) is 26.2 Å². The number of nitrogens with one attached hydrogen (secondary N) is 2. The summed E-state index contributed by atoms with van der Waals surface area (Å²) in [6, 6.07) is 12.1. The van der Waals surface area contributed by atoms with Crippen molar-refractivity contribution in [1.82, 2.24) is 5.32 Å². The number of rotatable bonds is 8. The van der Waals surface area contributed by atoms with Crippen molar-refractivity contribution in [1.29, 1.82) is 0 Å². The van der Waals surface area contributed by atoms with Crippen molar-refractivity contribution in [3.8, 4) is 11.5 Å². The molecule has 166 valence electrons. The van der Waals surface area contributed by atoms with Crippen molar-refractivity contribution in [3.63, 3.8) is 0 Å². The summed E-state index contributed by atoms with van der Waals surface area (Å²) in [7, 11) is 2.94. The van der Waals surface area contributed by atoms with E-state index < -0.39 is 24.4 Å².